The van der Waals surface area contributed by atoms with Gasteiger partial charge in [0.25, 0.3) is 0 Å². The number of fused-ring (bicyclic) bond motifs is 1. The molecule has 1 aromatic heterocycles. The largest absolute Gasteiger partial charge is 0.478 e. The summed E-state index contributed by atoms with van der Waals surface area (Å²) in [5.74, 6) is -4.11. The molecule has 1 aliphatic heterocycles. The summed E-state index contributed by atoms with van der Waals surface area (Å²) in [4.78, 5) is 48.1. The predicted octanol–water partition coefficient (Wildman–Crippen LogP) is 3.72. The van der Waals surface area contributed by atoms with Crippen LogP contribution in [0.4, 0.5) is 10.2 Å². The molecule has 4 rings (SSSR count). The molecule has 0 atom stereocenters. The number of nitrogens with zero attached hydrogens (tertiary/aromatic N) is 3. The lowest BCUT2D eigenvalue weighted by Crippen LogP contribution is -2.45. The summed E-state index contributed by atoms with van der Waals surface area (Å²) >= 11 is 0. The zero-order valence-corrected chi connectivity index (χ0v) is 23.4. The number of piperazine rings is 1. The van der Waals surface area contributed by atoms with Gasteiger partial charge in [0.2, 0.25) is 0 Å². The maximum Gasteiger partial charge on any atom is 0.328 e. The highest BCUT2D eigenvalue weighted by Gasteiger charge is 2.21. The Labute approximate surface area is 243 Å². The smallest absolute Gasteiger partial charge is 0.328 e. The number of rotatable bonds is 6. The summed E-state index contributed by atoms with van der Waals surface area (Å²) < 4.78 is 13.4. The van der Waals surface area contributed by atoms with Crippen LogP contribution >= 0.6 is 0 Å². The van der Waals surface area contributed by atoms with Gasteiger partial charge in [0.1, 0.15) is 11.6 Å². The third-order valence-corrected chi connectivity index (χ3v) is 6.51. The monoisotopic (exact) mass is 585 g/mol. The van der Waals surface area contributed by atoms with Crippen molar-refractivity contribution in [1.29, 1.82) is 0 Å². The Hall–Kier alpha value is -4.58. The van der Waals surface area contributed by atoms with Crippen molar-refractivity contribution in [1.82, 2.24) is 9.88 Å². The molecule has 1 fully saturated rings. The molecule has 0 saturated carbocycles. The number of carboxylic acids is 4. The molecule has 1 aromatic carbocycles. The van der Waals surface area contributed by atoms with Crippen molar-refractivity contribution >= 4 is 29.7 Å². The minimum Gasteiger partial charge on any atom is -0.478 e. The van der Waals surface area contributed by atoms with Crippen LogP contribution in [0, 0.1) is 5.82 Å². The van der Waals surface area contributed by atoms with Gasteiger partial charge in [0, 0.05) is 56.2 Å². The topological polar surface area (TPSA) is 169 Å². The molecule has 0 amide bonds. The van der Waals surface area contributed by atoms with Gasteiger partial charge in [-0.3, -0.25) is 0 Å². The lowest BCUT2D eigenvalue weighted by atomic mass is 9.90. The van der Waals surface area contributed by atoms with Gasteiger partial charge in [-0.1, -0.05) is 25.0 Å². The fraction of sp³-hybridized carbons (Fsp3) is 0.367. The number of likely N-dealkylation sites (N-methyl/N-ethyl adjacent to an activating group) is 1. The van der Waals surface area contributed by atoms with Gasteiger partial charge in [-0.15, -0.1) is 0 Å². The van der Waals surface area contributed by atoms with E-state index in [1.54, 1.807) is 12.1 Å². The van der Waals surface area contributed by atoms with Crippen LogP contribution in [0.3, 0.4) is 0 Å². The first-order chi connectivity index (χ1) is 20.0. The minimum absolute atomic E-state index is 0.176. The van der Waals surface area contributed by atoms with Crippen molar-refractivity contribution in [2.45, 2.75) is 38.5 Å². The Morgan fingerprint density at radius 3 is 1.69 bits per heavy atom. The zero-order valence-electron chi connectivity index (χ0n) is 23.4. The highest BCUT2D eigenvalue weighted by molar-refractivity contribution is 5.90. The van der Waals surface area contributed by atoms with Crippen LogP contribution in [0.5, 0.6) is 0 Å². The van der Waals surface area contributed by atoms with E-state index in [-0.39, 0.29) is 5.82 Å². The minimum atomic E-state index is -1.26. The lowest BCUT2D eigenvalue weighted by molar-refractivity contribution is -0.134. The predicted molar refractivity (Wildman–Crippen MR) is 154 cm³/mol. The number of carboxylic acid groups (broad SMARTS) is 4. The molecule has 0 unspecified atom stereocenters. The maximum absolute atomic E-state index is 13.4. The fourth-order valence-electron chi connectivity index (χ4n) is 4.41. The number of pyridine rings is 1. The van der Waals surface area contributed by atoms with Crippen LogP contribution in [0.2, 0.25) is 0 Å². The molecule has 11 nitrogen and oxygen atoms in total. The van der Waals surface area contributed by atoms with E-state index < -0.39 is 23.9 Å². The van der Waals surface area contributed by atoms with Crippen molar-refractivity contribution in [3.05, 3.63) is 71.7 Å². The molecule has 2 aliphatic rings. The van der Waals surface area contributed by atoms with E-state index in [4.69, 9.17) is 25.4 Å². The Morgan fingerprint density at radius 2 is 1.21 bits per heavy atom. The van der Waals surface area contributed by atoms with Crippen molar-refractivity contribution in [3.8, 4) is 11.1 Å². The summed E-state index contributed by atoms with van der Waals surface area (Å²) in [5.41, 5.74) is 5.02. The number of aliphatic carboxylic acids is 4. The summed E-state index contributed by atoms with van der Waals surface area (Å²) in [6.07, 6.45) is 9.40. The molecule has 2 heterocycles. The van der Waals surface area contributed by atoms with Gasteiger partial charge in [-0.2, -0.15) is 0 Å². The lowest BCUT2D eigenvalue weighted by Gasteiger charge is -2.34. The van der Waals surface area contributed by atoms with Crippen LogP contribution in [-0.2, 0) is 32.0 Å². The molecule has 0 radical (unpaired) electrons. The average molecular weight is 586 g/mol. The van der Waals surface area contributed by atoms with Crippen molar-refractivity contribution in [2.75, 3.05) is 38.1 Å². The van der Waals surface area contributed by atoms with Crippen LogP contribution < -0.4 is 4.90 Å². The zero-order chi connectivity index (χ0) is 31.1. The van der Waals surface area contributed by atoms with E-state index >= 15 is 0 Å². The highest BCUT2D eigenvalue weighted by Crippen LogP contribution is 2.33. The van der Waals surface area contributed by atoms with E-state index in [1.807, 2.05) is 12.1 Å². The second-order valence-electron chi connectivity index (χ2n) is 9.68. The molecule has 4 N–H and O–H groups in total. The van der Waals surface area contributed by atoms with Crippen LogP contribution in [0.15, 0.2) is 54.6 Å². The number of halogens is 1. The van der Waals surface area contributed by atoms with Gasteiger partial charge < -0.3 is 30.2 Å². The van der Waals surface area contributed by atoms with Gasteiger partial charge in [0.05, 0.1) is 0 Å². The number of carbonyl (C=O) groups is 4. The quantitative estimate of drug-likeness (QED) is 0.365. The number of aryl methyl sites for hydroxylation is 1. The normalized spacial score (nSPS) is 15.3. The molecule has 1 saturated heterocycles. The van der Waals surface area contributed by atoms with Crippen LogP contribution in [0.1, 0.15) is 36.9 Å². The number of hydrogen-bond donors (Lipinski definition) is 4. The van der Waals surface area contributed by atoms with E-state index in [9.17, 15) is 23.6 Å². The van der Waals surface area contributed by atoms with Gasteiger partial charge in [-0.25, -0.2) is 28.6 Å². The Morgan fingerprint density at radius 1 is 0.738 bits per heavy atom. The number of hydrogen-bond acceptors (Lipinski definition) is 7. The van der Waals surface area contributed by atoms with Crippen molar-refractivity contribution < 1.29 is 44.0 Å². The van der Waals surface area contributed by atoms with E-state index in [0.717, 1.165) is 50.4 Å². The van der Waals surface area contributed by atoms with Crippen LogP contribution in [0.25, 0.3) is 11.1 Å². The third kappa shape index (κ3) is 12.3. The molecule has 2 aromatic rings. The second-order valence-corrected chi connectivity index (χ2v) is 9.68. The SMILES string of the molecule is CN1CCN(c2cc(-c3ccc(F)cc3)c3c(n2)CCCCCC3)CC1.O=C(O)/C=C\C(=O)O.O=C(O)/C=C\C(=O)O. The molecule has 12 heteroatoms. The second kappa shape index (κ2) is 17.3. The van der Waals surface area contributed by atoms with Gasteiger partial charge >= 0.3 is 23.9 Å². The molecule has 0 bridgehead atoms. The van der Waals surface area contributed by atoms with Crippen molar-refractivity contribution in [2.24, 2.45) is 0 Å². The number of anilines is 1. The Kier molecular flexibility index (Phi) is 13.8. The van der Waals surface area contributed by atoms with Gasteiger partial charge in [0.15, 0.2) is 0 Å². The summed E-state index contributed by atoms with van der Waals surface area (Å²) in [6.45, 7) is 4.19. The Balaban J connectivity index is 0.000000319. The highest BCUT2D eigenvalue weighted by atomic mass is 19.1. The molecular weight excluding hydrogens is 549 g/mol. The summed E-state index contributed by atoms with van der Waals surface area (Å²) in [7, 11) is 2.18. The third-order valence-electron chi connectivity index (χ3n) is 6.51. The molecular formula is C30H36FN3O8. The molecule has 0 spiro atoms. The fourth-order valence-corrected chi connectivity index (χ4v) is 4.41. The summed E-state index contributed by atoms with van der Waals surface area (Å²) in [5, 5.41) is 31.2. The van der Waals surface area contributed by atoms with Crippen molar-refractivity contribution in [3.63, 3.8) is 0 Å². The first kappa shape index (κ1) is 33.6. The van der Waals surface area contributed by atoms with Crippen LogP contribution in [-0.4, -0.2) is 87.4 Å². The van der Waals surface area contributed by atoms with E-state index in [0.29, 0.717) is 24.3 Å². The number of aromatic nitrogens is 1. The first-order valence-corrected chi connectivity index (χ1v) is 13.5. The maximum atomic E-state index is 13.4. The molecule has 226 valence electrons. The molecule has 42 heavy (non-hydrogen) atoms. The molecule has 1 aliphatic carbocycles. The first-order valence-electron chi connectivity index (χ1n) is 13.5. The standard InChI is InChI=1S/C22H28FN3.2C4H4O4/c1-25-12-14-26(15-13-25)22-16-20(17-8-10-18(23)11-9-17)19-6-4-2-3-5-7-21(19)24-22;2*5-3(6)1-2-4(7)8/h8-11,16H,2-7,12-15H2,1H3;2*1-2H,(H,5,6)(H,7,8)/b;2*2-1-. The Bertz CT molecular complexity index is 1220. The number of benzene rings is 1. The summed E-state index contributed by atoms with van der Waals surface area (Å²) in [6, 6.07) is 9.22. The van der Waals surface area contributed by atoms with E-state index in [1.165, 1.54) is 42.5 Å². The average Bonchev–Trinajstić information content (AvgIpc) is 2.92. The van der Waals surface area contributed by atoms with Gasteiger partial charge in [-0.05, 0) is 67.6 Å². The van der Waals surface area contributed by atoms with E-state index in [2.05, 4.69) is 22.9 Å².